The molecular formula is C24H30NO+. The summed E-state index contributed by atoms with van der Waals surface area (Å²) in [5.74, 6) is 6.64. The van der Waals surface area contributed by atoms with Gasteiger partial charge in [-0.25, -0.2) is 0 Å². The summed E-state index contributed by atoms with van der Waals surface area (Å²) in [5, 5.41) is 11.5. The van der Waals surface area contributed by atoms with Crippen LogP contribution in [-0.4, -0.2) is 35.8 Å². The van der Waals surface area contributed by atoms with Crippen LogP contribution in [0.1, 0.15) is 43.7 Å². The minimum atomic E-state index is -1.26. The normalized spacial score (nSPS) is 16.5. The molecular weight excluding hydrogens is 318 g/mol. The Morgan fingerprint density at radius 1 is 0.885 bits per heavy atom. The van der Waals surface area contributed by atoms with Crippen LogP contribution in [0.15, 0.2) is 60.7 Å². The first-order valence-electron chi connectivity index (χ1n) is 9.87. The third-order valence-electron chi connectivity index (χ3n) is 5.53. The van der Waals surface area contributed by atoms with E-state index in [0.717, 1.165) is 22.2 Å². The van der Waals surface area contributed by atoms with Crippen molar-refractivity contribution >= 4 is 0 Å². The van der Waals surface area contributed by atoms with E-state index in [1.165, 1.54) is 45.3 Å². The van der Waals surface area contributed by atoms with E-state index in [9.17, 15) is 5.11 Å². The minimum absolute atomic E-state index is 0.829. The number of likely N-dealkylation sites (tertiary alicyclic amines) is 1. The first-order chi connectivity index (χ1) is 12.7. The average molecular weight is 349 g/mol. The van der Waals surface area contributed by atoms with Gasteiger partial charge in [-0.15, -0.1) is 0 Å². The summed E-state index contributed by atoms with van der Waals surface area (Å²) in [6, 6.07) is 19.6. The highest BCUT2D eigenvalue weighted by Gasteiger charge is 2.31. The lowest BCUT2D eigenvalue weighted by atomic mass is 9.87. The molecule has 0 radical (unpaired) electrons. The van der Waals surface area contributed by atoms with Gasteiger partial charge in [-0.05, 0) is 31.6 Å². The van der Waals surface area contributed by atoms with Gasteiger partial charge in [0.05, 0.1) is 19.6 Å². The molecule has 0 unspecified atom stereocenters. The van der Waals surface area contributed by atoms with Gasteiger partial charge in [0.15, 0.2) is 5.60 Å². The molecule has 1 saturated heterocycles. The van der Waals surface area contributed by atoms with Crippen molar-refractivity contribution in [3.8, 4) is 11.8 Å². The highest BCUT2D eigenvalue weighted by atomic mass is 16.3. The molecule has 0 saturated carbocycles. The Hall–Kier alpha value is -2.08. The van der Waals surface area contributed by atoms with Crippen LogP contribution in [-0.2, 0) is 5.60 Å². The molecule has 2 aromatic rings. The molecule has 1 aliphatic rings. The third kappa shape index (κ3) is 4.18. The lowest BCUT2D eigenvalue weighted by molar-refractivity contribution is -0.926. The number of nitrogens with zero attached hydrogens (tertiary/aromatic N) is 1. The minimum Gasteiger partial charge on any atom is -0.369 e. The summed E-state index contributed by atoms with van der Waals surface area (Å²) in [6.07, 6.45) is 5.12. The lowest BCUT2D eigenvalue weighted by Crippen LogP contribution is -2.52. The second-order valence-electron chi connectivity index (χ2n) is 7.48. The van der Waals surface area contributed by atoms with Crippen LogP contribution in [0.2, 0.25) is 0 Å². The molecule has 1 N–H and O–H groups in total. The number of hydrogen-bond donors (Lipinski definition) is 1. The summed E-state index contributed by atoms with van der Waals surface area (Å²) >= 11 is 0. The van der Waals surface area contributed by atoms with Gasteiger partial charge in [0.1, 0.15) is 6.54 Å². The Morgan fingerprint density at radius 2 is 1.42 bits per heavy atom. The molecule has 0 aromatic heterocycles. The molecule has 2 nitrogen and oxygen atoms in total. The van der Waals surface area contributed by atoms with Gasteiger partial charge in [-0.1, -0.05) is 73.5 Å². The van der Waals surface area contributed by atoms with E-state index in [1.54, 1.807) is 0 Å². The number of aliphatic hydroxyl groups is 1. The van der Waals surface area contributed by atoms with Crippen LogP contribution in [0.3, 0.4) is 0 Å². The molecule has 0 atom stereocenters. The van der Waals surface area contributed by atoms with Crippen molar-refractivity contribution in [3.05, 3.63) is 71.8 Å². The molecule has 1 aliphatic heterocycles. The molecule has 26 heavy (non-hydrogen) atoms. The average Bonchev–Trinajstić information content (AvgIpc) is 2.70. The Balaban J connectivity index is 1.91. The molecule has 2 aromatic carbocycles. The Labute approximate surface area is 158 Å². The van der Waals surface area contributed by atoms with E-state index in [-0.39, 0.29) is 0 Å². The predicted octanol–water partition coefficient (Wildman–Crippen LogP) is 4.34. The van der Waals surface area contributed by atoms with Gasteiger partial charge in [0.2, 0.25) is 0 Å². The molecule has 3 rings (SSSR count). The zero-order valence-corrected chi connectivity index (χ0v) is 15.8. The second-order valence-corrected chi connectivity index (χ2v) is 7.48. The number of piperidine rings is 1. The lowest BCUT2D eigenvalue weighted by Gasteiger charge is -2.40. The summed E-state index contributed by atoms with van der Waals surface area (Å²) in [5.41, 5.74) is 0.410. The summed E-state index contributed by atoms with van der Waals surface area (Å²) in [6.45, 7) is 6.71. The fraction of sp³-hybridized carbons (Fsp3) is 0.417. The van der Waals surface area contributed by atoms with Crippen molar-refractivity contribution in [2.45, 2.75) is 38.2 Å². The largest absolute Gasteiger partial charge is 0.369 e. The topological polar surface area (TPSA) is 20.2 Å². The molecule has 0 aliphatic carbocycles. The van der Waals surface area contributed by atoms with E-state index in [1.807, 2.05) is 60.7 Å². The van der Waals surface area contributed by atoms with Crippen LogP contribution in [0.5, 0.6) is 0 Å². The Bertz CT molecular complexity index is 691. The second kappa shape index (κ2) is 8.54. The van der Waals surface area contributed by atoms with Crippen molar-refractivity contribution in [2.75, 3.05) is 26.2 Å². The van der Waals surface area contributed by atoms with Gasteiger partial charge in [0, 0.05) is 11.1 Å². The molecule has 1 fully saturated rings. The fourth-order valence-corrected chi connectivity index (χ4v) is 4.12. The van der Waals surface area contributed by atoms with Crippen LogP contribution < -0.4 is 0 Å². The monoisotopic (exact) mass is 348 g/mol. The van der Waals surface area contributed by atoms with Crippen LogP contribution in [0.4, 0.5) is 0 Å². The highest BCUT2D eigenvalue weighted by molar-refractivity contribution is 5.44. The Morgan fingerprint density at radius 3 is 1.92 bits per heavy atom. The van der Waals surface area contributed by atoms with Gasteiger partial charge in [0.25, 0.3) is 0 Å². The summed E-state index contributed by atoms with van der Waals surface area (Å²) < 4.78 is 1.09. The molecule has 0 spiro atoms. The zero-order valence-electron chi connectivity index (χ0n) is 15.8. The quantitative estimate of drug-likeness (QED) is 0.630. The number of rotatable bonds is 5. The smallest absolute Gasteiger partial charge is 0.177 e. The third-order valence-corrected chi connectivity index (χ3v) is 5.53. The molecule has 0 amide bonds. The SMILES string of the molecule is CCC[N+]1(CC#CC(O)(c2ccccc2)c2ccccc2)CCCCC1. The van der Waals surface area contributed by atoms with Crippen LogP contribution in [0.25, 0.3) is 0 Å². The maximum absolute atomic E-state index is 11.5. The standard InChI is InChI=1S/C24H30NO/c1-2-18-25(19-10-5-11-20-25)21-12-17-24(26,22-13-6-3-7-14-22)23-15-8-4-9-16-23/h3-4,6-9,13-16,26H,2,5,10-11,18-21H2,1H3/q+1. The van der Waals surface area contributed by atoms with Crippen LogP contribution in [0, 0.1) is 11.8 Å². The van der Waals surface area contributed by atoms with E-state index in [2.05, 4.69) is 18.8 Å². The van der Waals surface area contributed by atoms with Crippen molar-refractivity contribution < 1.29 is 9.59 Å². The molecule has 0 bridgehead atoms. The van der Waals surface area contributed by atoms with Crippen molar-refractivity contribution in [2.24, 2.45) is 0 Å². The van der Waals surface area contributed by atoms with E-state index in [4.69, 9.17) is 0 Å². The van der Waals surface area contributed by atoms with Gasteiger partial charge in [-0.2, -0.15) is 0 Å². The van der Waals surface area contributed by atoms with Crippen molar-refractivity contribution in [3.63, 3.8) is 0 Å². The highest BCUT2D eigenvalue weighted by Crippen LogP contribution is 2.29. The van der Waals surface area contributed by atoms with Crippen LogP contribution >= 0.6 is 0 Å². The van der Waals surface area contributed by atoms with Gasteiger partial charge < -0.3 is 9.59 Å². The van der Waals surface area contributed by atoms with E-state index in [0.29, 0.717) is 0 Å². The summed E-state index contributed by atoms with van der Waals surface area (Å²) in [7, 11) is 0. The molecule has 1 heterocycles. The predicted molar refractivity (Wildman–Crippen MR) is 108 cm³/mol. The fourth-order valence-electron chi connectivity index (χ4n) is 4.12. The number of benzene rings is 2. The number of hydrogen-bond acceptors (Lipinski definition) is 1. The van der Waals surface area contributed by atoms with Gasteiger partial charge in [-0.3, -0.25) is 0 Å². The first-order valence-corrected chi connectivity index (χ1v) is 9.87. The molecule has 2 heteroatoms. The summed E-state index contributed by atoms with van der Waals surface area (Å²) in [4.78, 5) is 0. The zero-order chi connectivity index (χ0) is 18.3. The maximum atomic E-state index is 11.5. The number of quaternary nitrogens is 1. The Kier molecular flexibility index (Phi) is 6.14. The van der Waals surface area contributed by atoms with Crippen molar-refractivity contribution in [1.29, 1.82) is 0 Å². The molecule has 136 valence electrons. The van der Waals surface area contributed by atoms with E-state index < -0.39 is 5.60 Å². The first kappa shape index (κ1) is 18.7. The van der Waals surface area contributed by atoms with Crippen molar-refractivity contribution in [1.82, 2.24) is 0 Å². The van der Waals surface area contributed by atoms with E-state index >= 15 is 0 Å². The van der Waals surface area contributed by atoms with Gasteiger partial charge >= 0.3 is 0 Å². The maximum Gasteiger partial charge on any atom is 0.177 e.